The summed E-state index contributed by atoms with van der Waals surface area (Å²) in [5.41, 5.74) is 7.95. The van der Waals surface area contributed by atoms with Gasteiger partial charge in [0.2, 0.25) is 0 Å². The van der Waals surface area contributed by atoms with Gasteiger partial charge in [0.25, 0.3) is 0 Å². The van der Waals surface area contributed by atoms with Gasteiger partial charge in [0, 0.05) is 0 Å². The Hall–Kier alpha value is -1.82. The maximum atomic E-state index is 2.42. The molecule has 0 aromatic heterocycles. The van der Waals surface area contributed by atoms with Crippen molar-refractivity contribution < 1.29 is 0 Å². The molecule has 0 amide bonds. The summed E-state index contributed by atoms with van der Waals surface area (Å²) in [5.74, 6) is 0.796. The molecular weight excluding hydrogens is 276 g/mol. The predicted molar refractivity (Wildman–Crippen MR) is 98.8 cm³/mol. The van der Waals surface area contributed by atoms with Gasteiger partial charge >= 0.3 is 0 Å². The van der Waals surface area contributed by atoms with Crippen molar-refractivity contribution in [3.8, 4) is 0 Å². The van der Waals surface area contributed by atoms with Crippen LogP contribution in [-0.2, 0) is 6.42 Å². The van der Waals surface area contributed by atoms with E-state index in [1.807, 2.05) is 0 Å². The number of allylic oxidation sites excluding steroid dienone is 4. The fraction of sp³-hybridized carbons (Fsp3) is 0.391. The fourth-order valence-electron chi connectivity index (χ4n) is 5.09. The van der Waals surface area contributed by atoms with Gasteiger partial charge in [0.1, 0.15) is 0 Å². The standard InChI is InChI=1S/C23H24/c1-2-7-16(6-1)19-10-5-11-20-21(19)14-15-22-18-9-4-3-8-17(18)12-13-23(20)22/h4-5,9-11,14-16H,1-3,6-8,12-13H2. The number of benzene rings is 2. The van der Waals surface area contributed by atoms with Crippen LogP contribution >= 0.6 is 0 Å². The molecule has 0 spiro atoms. The highest BCUT2D eigenvalue weighted by Crippen LogP contribution is 2.43. The second-order valence-corrected chi connectivity index (χ2v) is 7.47. The number of hydrogen-bond donors (Lipinski definition) is 0. The third-order valence-corrected chi connectivity index (χ3v) is 6.25. The monoisotopic (exact) mass is 300 g/mol. The molecule has 1 fully saturated rings. The number of aryl methyl sites for hydroxylation is 1. The van der Waals surface area contributed by atoms with Crippen molar-refractivity contribution in [1.82, 2.24) is 0 Å². The van der Waals surface area contributed by atoms with Gasteiger partial charge < -0.3 is 0 Å². The molecule has 116 valence electrons. The quantitative estimate of drug-likeness (QED) is 0.560. The van der Waals surface area contributed by atoms with Crippen LogP contribution in [0.3, 0.4) is 0 Å². The number of fused-ring (bicyclic) bond motifs is 4. The predicted octanol–water partition coefficient (Wildman–Crippen LogP) is 6.55. The number of hydrogen-bond acceptors (Lipinski definition) is 0. The van der Waals surface area contributed by atoms with E-state index in [4.69, 9.17) is 0 Å². The lowest BCUT2D eigenvalue weighted by atomic mass is 9.78. The Balaban J connectivity index is 1.71. The van der Waals surface area contributed by atoms with Crippen molar-refractivity contribution in [2.75, 3.05) is 0 Å². The maximum Gasteiger partial charge on any atom is -0.0143 e. The Morgan fingerprint density at radius 2 is 1.74 bits per heavy atom. The molecule has 3 aliphatic rings. The zero-order chi connectivity index (χ0) is 15.2. The molecule has 1 saturated carbocycles. The van der Waals surface area contributed by atoms with Crippen molar-refractivity contribution >= 4 is 16.3 Å². The third-order valence-electron chi connectivity index (χ3n) is 6.25. The summed E-state index contributed by atoms with van der Waals surface area (Å²) in [4.78, 5) is 0. The van der Waals surface area contributed by atoms with Crippen LogP contribution in [0, 0.1) is 0 Å². The second-order valence-electron chi connectivity index (χ2n) is 7.47. The first-order valence-corrected chi connectivity index (χ1v) is 9.35. The van der Waals surface area contributed by atoms with Gasteiger partial charge in [0.05, 0.1) is 0 Å². The van der Waals surface area contributed by atoms with Crippen LogP contribution in [0.2, 0.25) is 0 Å². The lowest BCUT2D eigenvalue weighted by Crippen LogP contribution is -2.07. The van der Waals surface area contributed by atoms with Crippen LogP contribution in [-0.4, -0.2) is 0 Å². The van der Waals surface area contributed by atoms with Crippen molar-refractivity contribution in [3.05, 3.63) is 64.7 Å². The Kier molecular flexibility index (Phi) is 3.18. The van der Waals surface area contributed by atoms with E-state index in [0.29, 0.717) is 0 Å². The summed E-state index contributed by atoms with van der Waals surface area (Å²) in [6.45, 7) is 0. The second kappa shape index (κ2) is 5.37. The van der Waals surface area contributed by atoms with E-state index in [9.17, 15) is 0 Å². The summed E-state index contributed by atoms with van der Waals surface area (Å²) in [6, 6.07) is 11.9. The zero-order valence-corrected chi connectivity index (χ0v) is 13.8. The fourth-order valence-corrected chi connectivity index (χ4v) is 5.09. The molecule has 0 atom stereocenters. The Labute approximate surface area is 138 Å². The van der Waals surface area contributed by atoms with E-state index < -0.39 is 0 Å². The zero-order valence-electron chi connectivity index (χ0n) is 13.8. The molecule has 3 aliphatic carbocycles. The molecule has 0 heterocycles. The summed E-state index contributed by atoms with van der Waals surface area (Å²) in [6.07, 6.45) is 15.3. The highest BCUT2D eigenvalue weighted by molar-refractivity contribution is 5.95. The minimum atomic E-state index is 0.796. The van der Waals surface area contributed by atoms with Crippen LogP contribution in [0.1, 0.15) is 67.6 Å². The van der Waals surface area contributed by atoms with E-state index >= 15 is 0 Å². The van der Waals surface area contributed by atoms with E-state index in [2.05, 4.69) is 42.5 Å². The molecule has 2 aromatic rings. The first-order chi connectivity index (χ1) is 11.4. The molecule has 0 N–H and O–H groups in total. The van der Waals surface area contributed by atoms with Gasteiger partial charge in [-0.1, -0.05) is 60.9 Å². The molecule has 23 heavy (non-hydrogen) atoms. The van der Waals surface area contributed by atoms with Crippen molar-refractivity contribution in [1.29, 1.82) is 0 Å². The van der Waals surface area contributed by atoms with E-state index in [1.54, 1.807) is 16.7 Å². The van der Waals surface area contributed by atoms with Crippen LogP contribution in [0.25, 0.3) is 16.3 Å². The van der Waals surface area contributed by atoms with Gasteiger partial charge in [0.15, 0.2) is 0 Å². The maximum absolute atomic E-state index is 2.42. The van der Waals surface area contributed by atoms with Gasteiger partial charge in [-0.3, -0.25) is 0 Å². The topological polar surface area (TPSA) is 0 Å². The third kappa shape index (κ3) is 2.11. The summed E-state index contributed by atoms with van der Waals surface area (Å²) < 4.78 is 0. The minimum absolute atomic E-state index is 0.796. The largest absolute Gasteiger partial charge is 0.0836 e. The highest BCUT2D eigenvalue weighted by Gasteiger charge is 2.23. The van der Waals surface area contributed by atoms with Crippen LogP contribution in [0.5, 0.6) is 0 Å². The van der Waals surface area contributed by atoms with Gasteiger partial charge in [-0.15, -0.1) is 0 Å². The van der Waals surface area contributed by atoms with Crippen molar-refractivity contribution in [2.24, 2.45) is 0 Å². The molecule has 0 heteroatoms. The lowest BCUT2D eigenvalue weighted by molar-refractivity contribution is 0.729. The Morgan fingerprint density at radius 3 is 2.65 bits per heavy atom. The Morgan fingerprint density at radius 1 is 0.826 bits per heavy atom. The van der Waals surface area contributed by atoms with E-state index in [0.717, 1.165) is 5.92 Å². The molecule has 0 aliphatic heterocycles. The van der Waals surface area contributed by atoms with E-state index in [1.165, 1.54) is 73.3 Å². The first-order valence-electron chi connectivity index (χ1n) is 9.35. The van der Waals surface area contributed by atoms with Crippen LogP contribution in [0.4, 0.5) is 0 Å². The van der Waals surface area contributed by atoms with Gasteiger partial charge in [-0.05, 0) is 77.5 Å². The van der Waals surface area contributed by atoms with Crippen molar-refractivity contribution in [3.63, 3.8) is 0 Å². The molecule has 5 rings (SSSR count). The summed E-state index contributed by atoms with van der Waals surface area (Å²) in [7, 11) is 0. The number of rotatable bonds is 1. The smallest absolute Gasteiger partial charge is 0.0143 e. The van der Waals surface area contributed by atoms with Gasteiger partial charge in [-0.25, -0.2) is 0 Å². The Bertz CT molecular complexity index is 828. The molecule has 0 bridgehead atoms. The average molecular weight is 300 g/mol. The minimum Gasteiger partial charge on any atom is -0.0836 e. The first kappa shape index (κ1) is 13.6. The van der Waals surface area contributed by atoms with Crippen LogP contribution < -0.4 is 0 Å². The molecule has 0 unspecified atom stereocenters. The molecule has 0 radical (unpaired) electrons. The normalized spacial score (nSPS) is 20.9. The molecule has 0 nitrogen and oxygen atoms in total. The molecule has 2 aromatic carbocycles. The summed E-state index contributed by atoms with van der Waals surface area (Å²) >= 11 is 0. The SMILES string of the molecule is C1=CC2=C(CC1)CCc1c2ccc2c(C3CCCC3)cccc12. The lowest BCUT2D eigenvalue weighted by Gasteiger charge is -2.26. The highest BCUT2D eigenvalue weighted by atomic mass is 14.3. The molecular formula is C23H24. The van der Waals surface area contributed by atoms with Crippen molar-refractivity contribution in [2.45, 2.75) is 57.3 Å². The molecule has 0 saturated heterocycles. The van der Waals surface area contributed by atoms with E-state index in [-0.39, 0.29) is 0 Å². The summed E-state index contributed by atoms with van der Waals surface area (Å²) in [5, 5.41) is 3.06. The average Bonchev–Trinajstić information content (AvgIpc) is 3.15. The van der Waals surface area contributed by atoms with Gasteiger partial charge in [-0.2, -0.15) is 0 Å². The van der Waals surface area contributed by atoms with Crippen LogP contribution in [0.15, 0.2) is 48.1 Å².